The van der Waals surface area contributed by atoms with Crippen LogP contribution in [0.3, 0.4) is 0 Å². The fraction of sp³-hybridized carbons (Fsp3) is 0.429. The second-order valence-electron chi connectivity index (χ2n) is 3.90. The SMILES string of the molecule is CCCC[Si]OC(C)=C(C)c1ccccc1. The highest BCUT2D eigenvalue weighted by molar-refractivity contribution is 6.27. The smallest absolute Gasteiger partial charge is 0.310 e. The van der Waals surface area contributed by atoms with Gasteiger partial charge >= 0.3 is 9.76 Å². The van der Waals surface area contributed by atoms with Crippen LogP contribution < -0.4 is 0 Å². The molecule has 0 aliphatic rings. The van der Waals surface area contributed by atoms with E-state index in [0.29, 0.717) is 9.76 Å². The molecular weight excluding hydrogens is 212 g/mol. The predicted octanol–water partition coefficient (Wildman–Crippen LogP) is 4.29. The van der Waals surface area contributed by atoms with Gasteiger partial charge in [-0.2, -0.15) is 0 Å². The summed E-state index contributed by atoms with van der Waals surface area (Å²) in [5.74, 6) is 1.06. The molecule has 16 heavy (non-hydrogen) atoms. The average molecular weight is 232 g/mol. The lowest BCUT2D eigenvalue weighted by Crippen LogP contribution is -1.98. The molecule has 1 aromatic rings. The first-order valence-corrected chi connectivity index (χ1v) is 6.99. The van der Waals surface area contributed by atoms with Crippen LogP contribution in [0.25, 0.3) is 5.57 Å². The molecule has 2 radical (unpaired) electrons. The van der Waals surface area contributed by atoms with Gasteiger partial charge in [-0.15, -0.1) is 0 Å². The van der Waals surface area contributed by atoms with Crippen molar-refractivity contribution in [3.63, 3.8) is 0 Å². The van der Waals surface area contributed by atoms with Gasteiger partial charge in [0.25, 0.3) is 0 Å². The van der Waals surface area contributed by atoms with Crippen LogP contribution in [0.15, 0.2) is 36.1 Å². The molecule has 0 saturated heterocycles. The second-order valence-corrected chi connectivity index (χ2v) is 4.89. The zero-order valence-electron chi connectivity index (χ0n) is 10.4. The quantitative estimate of drug-likeness (QED) is 0.404. The highest BCUT2D eigenvalue weighted by atomic mass is 28.2. The average Bonchev–Trinajstić information content (AvgIpc) is 2.34. The topological polar surface area (TPSA) is 9.23 Å². The molecule has 0 aliphatic heterocycles. The molecule has 0 spiro atoms. The van der Waals surface area contributed by atoms with E-state index in [2.05, 4.69) is 45.0 Å². The van der Waals surface area contributed by atoms with Gasteiger partial charge in [-0.1, -0.05) is 50.1 Å². The summed E-state index contributed by atoms with van der Waals surface area (Å²) in [4.78, 5) is 0. The lowest BCUT2D eigenvalue weighted by Gasteiger charge is -2.09. The van der Waals surface area contributed by atoms with Crippen molar-refractivity contribution in [2.24, 2.45) is 0 Å². The zero-order chi connectivity index (χ0) is 11.8. The van der Waals surface area contributed by atoms with Crippen LogP contribution in [0.1, 0.15) is 39.2 Å². The van der Waals surface area contributed by atoms with Crippen LogP contribution >= 0.6 is 0 Å². The third-order valence-electron chi connectivity index (χ3n) is 2.59. The van der Waals surface area contributed by atoms with Gasteiger partial charge in [0.05, 0.1) is 5.76 Å². The molecule has 2 heteroatoms. The van der Waals surface area contributed by atoms with Gasteiger partial charge in [0, 0.05) is 0 Å². The van der Waals surface area contributed by atoms with Gasteiger partial charge in [0.1, 0.15) is 0 Å². The first-order chi connectivity index (χ1) is 7.75. The molecule has 0 aliphatic carbocycles. The number of unbranched alkanes of at least 4 members (excludes halogenated alkanes) is 1. The third-order valence-corrected chi connectivity index (χ3v) is 3.60. The van der Waals surface area contributed by atoms with Crippen LogP contribution in [0.5, 0.6) is 0 Å². The lowest BCUT2D eigenvalue weighted by atomic mass is 10.1. The maximum atomic E-state index is 5.77. The van der Waals surface area contributed by atoms with E-state index >= 15 is 0 Å². The van der Waals surface area contributed by atoms with Crippen molar-refractivity contribution in [1.29, 1.82) is 0 Å². The molecule has 1 rings (SSSR count). The molecule has 0 unspecified atom stereocenters. The first kappa shape index (κ1) is 13.0. The van der Waals surface area contributed by atoms with Gasteiger partial charge in [0.2, 0.25) is 0 Å². The molecule has 0 heterocycles. The molecule has 0 bridgehead atoms. The molecular formula is C14H20OSi. The number of hydrogen-bond donors (Lipinski definition) is 0. The molecule has 0 atom stereocenters. The Morgan fingerprint density at radius 3 is 2.50 bits per heavy atom. The van der Waals surface area contributed by atoms with Crippen molar-refractivity contribution in [2.45, 2.75) is 39.7 Å². The van der Waals surface area contributed by atoms with E-state index in [1.54, 1.807) is 0 Å². The summed E-state index contributed by atoms with van der Waals surface area (Å²) in [6, 6.07) is 11.6. The first-order valence-electron chi connectivity index (χ1n) is 5.88. The Morgan fingerprint density at radius 2 is 1.88 bits per heavy atom. The normalized spacial score (nSPS) is 12.2. The number of allylic oxidation sites excluding steroid dienone is 2. The van der Waals surface area contributed by atoms with Crippen molar-refractivity contribution in [1.82, 2.24) is 0 Å². The molecule has 1 aromatic carbocycles. The van der Waals surface area contributed by atoms with Crippen molar-refractivity contribution < 1.29 is 4.43 Å². The zero-order valence-corrected chi connectivity index (χ0v) is 11.4. The molecule has 0 saturated carbocycles. The van der Waals surface area contributed by atoms with E-state index in [0.717, 1.165) is 5.76 Å². The van der Waals surface area contributed by atoms with E-state index in [4.69, 9.17) is 4.43 Å². The Balaban J connectivity index is 2.52. The van der Waals surface area contributed by atoms with E-state index < -0.39 is 0 Å². The van der Waals surface area contributed by atoms with Gasteiger partial charge in [0.15, 0.2) is 0 Å². The molecule has 1 nitrogen and oxygen atoms in total. The number of hydrogen-bond acceptors (Lipinski definition) is 1. The van der Waals surface area contributed by atoms with Crippen molar-refractivity contribution in [2.75, 3.05) is 0 Å². The summed E-state index contributed by atoms with van der Waals surface area (Å²) >= 11 is 0. The van der Waals surface area contributed by atoms with Crippen molar-refractivity contribution >= 4 is 15.3 Å². The standard InChI is InChI=1S/C14H20OSi/c1-4-5-11-16-15-13(3)12(2)14-9-7-6-8-10-14/h6-10H,4-5,11H2,1-3H3. The van der Waals surface area contributed by atoms with Crippen LogP contribution in [0.2, 0.25) is 6.04 Å². The molecule has 0 aromatic heterocycles. The Bertz CT molecular complexity index is 330. The monoisotopic (exact) mass is 232 g/mol. The van der Waals surface area contributed by atoms with Gasteiger partial charge < -0.3 is 4.43 Å². The molecule has 86 valence electrons. The summed E-state index contributed by atoms with van der Waals surface area (Å²) < 4.78 is 5.77. The van der Waals surface area contributed by atoms with Crippen LogP contribution in [-0.2, 0) is 4.43 Å². The number of rotatable bonds is 6. The highest BCUT2D eigenvalue weighted by Crippen LogP contribution is 2.18. The fourth-order valence-corrected chi connectivity index (χ4v) is 2.35. The molecule has 0 N–H and O–H groups in total. The summed E-state index contributed by atoms with van der Waals surface area (Å²) in [5, 5.41) is 0. The summed E-state index contributed by atoms with van der Waals surface area (Å²) in [5.41, 5.74) is 2.49. The van der Waals surface area contributed by atoms with E-state index in [1.165, 1.54) is 30.0 Å². The Labute approximate surface area is 101 Å². The van der Waals surface area contributed by atoms with E-state index in [9.17, 15) is 0 Å². The van der Waals surface area contributed by atoms with Crippen molar-refractivity contribution in [3.8, 4) is 0 Å². The minimum absolute atomic E-state index is 0.599. The van der Waals surface area contributed by atoms with Crippen molar-refractivity contribution in [3.05, 3.63) is 41.7 Å². The van der Waals surface area contributed by atoms with Gasteiger partial charge in [-0.3, -0.25) is 0 Å². The molecule has 0 amide bonds. The van der Waals surface area contributed by atoms with Crippen LogP contribution in [0, 0.1) is 0 Å². The van der Waals surface area contributed by atoms with E-state index in [1.807, 2.05) is 6.07 Å². The maximum Gasteiger partial charge on any atom is 0.310 e. The minimum Gasteiger partial charge on any atom is -0.544 e. The van der Waals surface area contributed by atoms with Gasteiger partial charge in [-0.05, 0) is 31.0 Å². The third kappa shape index (κ3) is 4.23. The number of benzene rings is 1. The summed E-state index contributed by atoms with van der Waals surface area (Å²) in [6.07, 6.45) is 2.51. The second kappa shape index (κ2) is 7.28. The minimum atomic E-state index is 0.599. The maximum absolute atomic E-state index is 5.77. The van der Waals surface area contributed by atoms with Crippen LogP contribution in [0.4, 0.5) is 0 Å². The largest absolute Gasteiger partial charge is 0.544 e. The Morgan fingerprint density at radius 1 is 1.19 bits per heavy atom. The fourth-order valence-electron chi connectivity index (χ4n) is 1.38. The lowest BCUT2D eigenvalue weighted by molar-refractivity contribution is 0.454. The Hall–Kier alpha value is -1.02. The summed E-state index contributed by atoms with van der Waals surface area (Å²) in [6.45, 7) is 6.39. The molecule has 0 fully saturated rings. The van der Waals surface area contributed by atoms with Gasteiger partial charge in [-0.25, -0.2) is 0 Å². The van der Waals surface area contributed by atoms with Crippen LogP contribution in [-0.4, -0.2) is 9.76 Å². The summed E-state index contributed by atoms with van der Waals surface area (Å²) in [7, 11) is 0.599. The highest BCUT2D eigenvalue weighted by Gasteiger charge is 2.01. The Kier molecular flexibility index (Phi) is 5.94. The predicted molar refractivity (Wildman–Crippen MR) is 71.3 cm³/mol. The van der Waals surface area contributed by atoms with E-state index in [-0.39, 0.29) is 0 Å².